The number of carbonyl (C=O) groups is 4. The number of hydrogen-bond donors (Lipinski definition) is 1. The Hall–Kier alpha value is -3.48. The summed E-state index contributed by atoms with van der Waals surface area (Å²) in [4.78, 5) is 51.4. The molecule has 31 heavy (non-hydrogen) atoms. The Balaban J connectivity index is 1.42. The van der Waals surface area contributed by atoms with Gasteiger partial charge in [-0.15, -0.1) is 0 Å². The first-order valence-electron chi connectivity index (χ1n) is 10.4. The molecule has 1 aliphatic heterocycles. The number of esters is 1. The average molecular weight is 420 g/mol. The highest BCUT2D eigenvalue weighted by Gasteiger charge is 2.50. The van der Waals surface area contributed by atoms with Crippen LogP contribution >= 0.6 is 0 Å². The third kappa shape index (κ3) is 4.35. The maximum atomic E-state index is 12.9. The maximum absolute atomic E-state index is 12.9. The first kappa shape index (κ1) is 20.8. The Kier molecular flexibility index (Phi) is 5.84. The number of hydrogen-bond acceptors (Lipinski definition) is 5. The van der Waals surface area contributed by atoms with E-state index in [1.807, 2.05) is 6.07 Å². The van der Waals surface area contributed by atoms with Crippen LogP contribution < -0.4 is 10.2 Å². The lowest BCUT2D eigenvalue weighted by Gasteiger charge is -2.25. The van der Waals surface area contributed by atoms with Gasteiger partial charge in [-0.25, -0.2) is 4.79 Å². The van der Waals surface area contributed by atoms with E-state index in [-0.39, 0.29) is 29.2 Å². The molecule has 1 aliphatic carbocycles. The van der Waals surface area contributed by atoms with E-state index < -0.39 is 18.5 Å². The Bertz CT molecular complexity index is 1020. The number of imide groups is 1. The summed E-state index contributed by atoms with van der Waals surface area (Å²) >= 11 is 0. The van der Waals surface area contributed by atoms with Crippen LogP contribution in [0.25, 0.3) is 0 Å². The molecule has 0 unspecified atom stereocenters. The molecule has 1 heterocycles. The van der Waals surface area contributed by atoms with Crippen molar-refractivity contribution in [3.05, 3.63) is 60.2 Å². The maximum Gasteiger partial charge on any atom is 0.338 e. The monoisotopic (exact) mass is 420 g/mol. The number of anilines is 2. The van der Waals surface area contributed by atoms with E-state index in [4.69, 9.17) is 4.74 Å². The Morgan fingerprint density at radius 2 is 1.74 bits per heavy atom. The van der Waals surface area contributed by atoms with Gasteiger partial charge in [-0.3, -0.25) is 19.3 Å². The van der Waals surface area contributed by atoms with Crippen molar-refractivity contribution in [1.29, 1.82) is 0 Å². The zero-order valence-corrected chi connectivity index (χ0v) is 17.2. The highest BCUT2D eigenvalue weighted by Crippen LogP contribution is 2.42. The van der Waals surface area contributed by atoms with E-state index in [1.165, 1.54) is 17.0 Å². The van der Waals surface area contributed by atoms with Crippen molar-refractivity contribution in [2.75, 3.05) is 16.8 Å². The van der Waals surface area contributed by atoms with Crippen molar-refractivity contribution >= 4 is 35.1 Å². The first-order valence-corrected chi connectivity index (χ1v) is 10.4. The van der Waals surface area contributed by atoms with Gasteiger partial charge in [-0.2, -0.15) is 0 Å². The van der Waals surface area contributed by atoms with Crippen LogP contribution in [0.15, 0.2) is 54.6 Å². The Labute approximate surface area is 180 Å². The first-order chi connectivity index (χ1) is 14.9. The molecule has 3 atom stereocenters. The molecular formula is C24H24N2O5. The number of amides is 3. The van der Waals surface area contributed by atoms with Crippen LogP contribution in [0.3, 0.4) is 0 Å². The van der Waals surface area contributed by atoms with Crippen molar-refractivity contribution in [1.82, 2.24) is 0 Å². The van der Waals surface area contributed by atoms with Crippen LogP contribution in [0.4, 0.5) is 11.4 Å². The van der Waals surface area contributed by atoms with Gasteiger partial charge in [-0.1, -0.05) is 31.2 Å². The minimum Gasteiger partial charge on any atom is -0.452 e. The molecule has 1 saturated heterocycles. The number of ether oxygens (including phenoxy) is 1. The molecule has 1 saturated carbocycles. The average Bonchev–Trinajstić information content (AvgIpc) is 3.02. The topological polar surface area (TPSA) is 92.8 Å². The van der Waals surface area contributed by atoms with Gasteiger partial charge in [-0.05, 0) is 55.5 Å². The second kappa shape index (κ2) is 8.71. The number of nitrogens with one attached hydrogen (secondary N) is 1. The van der Waals surface area contributed by atoms with Gasteiger partial charge in [0, 0.05) is 5.69 Å². The molecule has 0 aromatic heterocycles. The lowest BCUT2D eigenvalue weighted by Crippen LogP contribution is -2.31. The van der Waals surface area contributed by atoms with Gasteiger partial charge in [0.1, 0.15) is 0 Å². The quantitative estimate of drug-likeness (QED) is 0.591. The molecule has 2 aromatic carbocycles. The highest BCUT2D eigenvalue weighted by atomic mass is 16.5. The van der Waals surface area contributed by atoms with Gasteiger partial charge in [0.15, 0.2) is 6.61 Å². The molecule has 2 aliphatic rings. The van der Waals surface area contributed by atoms with Crippen LogP contribution in [0.2, 0.25) is 0 Å². The van der Waals surface area contributed by atoms with Crippen molar-refractivity contribution in [3.63, 3.8) is 0 Å². The van der Waals surface area contributed by atoms with Crippen molar-refractivity contribution < 1.29 is 23.9 Å². The van der Waals surface area contributed by atoms with E-state index in [2.05, 4.69) is 12.2 Å². The zero-order chi connectivity index (χ0) is 22.0. The summed E-state index contributed by atoms with van der Waals surface area (Å²) in [6, 6.07) is 15.1. The normalized spacial score (nSPS) is 22.7. The van der Waals surface area contributed by atoms with Gasteiger partial charge < -0.3 is 10.1 Å². The fourth-order valence-corrected chi connectivity index (χ4v) is 4.35. The van der Waals surface area contributed by atoms with E-state index in [1.54, 1.807) is 36.4 Å². The molecule has 0 spiro atoms. The third-order valence-electron chi connectivity index (χ3n) is 5.92. The lowest BCUT2D eigenvalue weighted by molar-refractivity contribution is -0.122. The van der Waals surface area contributed by atoms with E-state index in [0.717, 1.165) is 6.42 Å². The van der Waals surface area contributed by atoms with Gasteiger partial charge in [0.25, 0.3) is 5.91 Å². The van der Waals surface area contributed by atoms with Crippen molar-refractivity contribution in [3.8, 4) is 0 Å². The number of nitrogens with zero attached hydrogens (tertiary/aromatic N) is 1. The van der Waals surface area contributed by atoms with Crippen LogP contribution in [-0.2, 0) is 19.1 Å². The standard InChI is InChI=1S/C24H24N2O5/c1-15-10-11-19-20(12-15)23(29)26(22(19)28)18-9-5-6-16(13-18)24(30)31-14-21(27)25-17-7-3-2-4-8-17/h2-9,13,15,19-20H,10-12,14H2,1H3,(H,25,27)/t15-,19+,20+/m0/s1. The summed E-state index contributed by atoms with van der Waals surface area (Å²) in [6.07, 6.45) is 2.36. The highest BCUT2D eigenvalue weighted by molar-refractivity contribution is 6.22. The molecule has 2 fully saturated rings. The van der Waals surface area contributed by atoms with Crippen LogP contribution in [0.1, 0.15) is 36.5 Å². The zero-order valence-electron chi connectivity index (χ0n) is 17.2. The SMILES string of the molecule is C[C@H]1CC[C@H]2C(=O)N(c3cccc(C(=O)OCC(=O)Nc4ccccc4)c3)C(=O)[C@@H]2C1. The summed E-state index contributed by atoms with van der Waals surface area (Å²) in [6.45, 7) is 1.66. The number of carbonyl (C=O) groups excluding carboxylic acids is 4. The third-order valence-corrected chi connectivity index (χ3v) is 5.92. The minimum atomic E-state index is -0.699. The summed E-state index contributed by atoms with van der Waals surface area (Å²) in [5.41, 5.74) is 1.14. The van der Waals surface area contributed by atoms with Gasteiger partial charge in [0.2, 0.25) is 11.8 Å². The summed E-state index contributed by atoms with van der Waals surface area (Å²) in [7, 11) is 0. The molecule has 2 aromatic rings. The largest absolute Gasteiger partial charge is 0.452 e. The van der Waals surface area contributed by atoms with Crippen LogP contribution in [-0.4, -0.2) is 30.3 Å². The second-order valence-electron chi connectivity index (χ2n) is 8.18. The second-order valence-corrected chi connectivity index (χ2v) is 8.18. The van der Waals surface area contributed by atoms with E-state index in [0.29, 0.717) is 30.1 Å². The molecule has 4 rings (SSSR count). The molecule has 0 bridgehead atoms. The molecule has 7 heteroatoms. The number of para-hydroxylation sites is 1. The smallest absolute Gasteiger partial charge is 0.338 e. The van der Waals surface area contributed by atoms with Crippen molar-refractivity contribution in [2.24, 2.45) is 17.8 Å². The van der Waals surface area contributed by atoms with Gasteiger partial charge >= 0.3 is 5.97 Å². The number of benzene rings is 2. The molecular weight excluding hydrogens is 396 g/mol. The fraction of sp³-hybridized carbons (Fsp3) is 0.333. The molecule has 1 N–H and O–H groups in total. The fourth-order valence-electron chi connectivity index (χ4n) is 4.35. The lowest BCUT2D eigenvalue weighted by atomic mass is 9.76. The molecule has 3 amide bonds. The van der Waals surface area contributed by atoms with Crippen molar-refractivity contribution in [2.45, 2.75) is 26.2 Å². The van der Waals surface area contributed by atoms with Crippen LogP contribution in [0, 0.1) is 17.8 Å². The van der Waals surface area contributed by atoms with E-state index in [9.17, 15) is 19.2 Å². The molecule has 7 nitrogen and oxygen atoms in total. The molecule has 0 radical (unpaired) electrons. The Morgan fingerprint density at radius 3 is 2.52 bits per heavy atom. The summed E-state index contributed by atoms with van der Waals surface area (Å²) in [5, 5.41) is 2.63. The number of rotatable bonds is 5. The predicted molar refractivity (Wildman–Crippen MR) is 114 cm³/mol. The summed E-state index contributed by atoms with van der Waals surface area (Å²) in [5.74, 6) is -1.70. The van der Waals surface area contributed by atoms with Gasteiger partial charge in [0.05, 0.1) is 23.1 Å². The summed E-state index contributed by atoms with van der Waals surface area (Å²) < 4.78 is 5.10. The molecule has 160 valence electrons. The predicted octanol–water partition coefficient (Wildman–Crippen LogP) is 3.41. The van der Waals surface area contributed by atoms with E-state index >= 15 is 0 Å². The Morgan fingerprint density at radius 1 is 1.00 bits per heavy atom. The number of fused-ring (bicyclic) bond motifs is 1. The minimum absolute atomic E-state index is 0.175. The van der Waals surface area contributed by atoms with Crippen LogP contribution in [0.5, 0.6) is 0 Å².